The maximum Gasteiger partial charge on any atom is 0.290 e. The summed E-state index contributed by atoms with van der Waals surface area (Å²) in [6.07, 6.45) is 24.0. The van der Waals surface area contributed by atoms with Gasteiger partial charge in [-0.05, 0) is 13.0 Å². The Bertz CT molecular complexity index is 282. The van der Waals surface area contributed by atoms with Crippen molar-refractivity contribution in [1.29, 1.82) is 0 Å². The van der Waals surface area contributed by atoms with Crippen LogP contribution in [-0.2, 0) is 4.79 Å². The summed E-state index contributed by atoms with van der Waals surface area (Å²) >= 11 is 0. The minimum atomic E-state index is -0.250. The number of nitrogens with zero attached hydrogens (tertiary/aromatic N) is 1. The average molecular weight is 368 g/mol. The highest BCUT2D eigenvalue weighted by atomic mass is 16.3. The Morgan fingerprint density at radius 3 is 1.31 bits per heavy atom. The van der Waals surface area contributed by atoms with Gasteiger partial charge >= 0.3 is 0 Å². The van der Waals surface area contributed by atoms with Gasteiger partial charge in [-0.15, -0.1) is 13.2 Å². The molecule has 0 fully saturated rings. The molecule has 154 valence electrons. The Labute approximate surface area is 163 Å². The number of unbranched alkanes of at least 4 members (excludes halogenated alkanes) is 13. The quantitative estimate of drug-likeness (QED) is 0.154. The summed E-state index contributed by atoms with van der Waals surface area (Å²) in [4.78, 5) is 10.8. The van der Waals surface area contributed by atoms with Crippen LogP contribution in [0.25, 0.3) is 0 Å². The van der Waals surface area contributed by atoms with Crippen molar-refractivity contribution in [1.82, 2.24) is 4.90 Å². The standard InChI is InChI=1S/C22H43N.CH2O2/c1-4-7-8-9-10-11-12-13-14-15-16-17-18-19-22-23(20-5-2)21-6-3;2-1-3/h5-6H,2-4,7-22H2,1H3;1H,(H,2,3). The second-order valence-corrected chi connectivity index (χ2v) is 7.04. The molecule has 0 aromatic carbocycles. The van der Waals surface area contributed by atoms with Gasteiger partial charge in [0.15, 0.2) is 0 Å². The van der Waals surface area contributed by atoms with Crippen LogP contribution in [0.15, 0.2) is 25.3 Å². The first kappa shape index (κ1) is 27.1. The van der Waals surface area contributed by atoms with E-state index in [1.807, 2.05) is 12.2 Å². The third kappa shape index (κ3) is 25.2. The van der Waals surface area contributed by atoms with Crippen LogP contribution in [0.4, 0.5) is 0 Å². The predicted molar refractivity (Wildman–Crippen MR) is 116 cm³/mol. The van der Waals surface area contributed by atoms with E-state index in [2.05, 4.69) is 25.0 Å². The van der Waals surface area contributed by atoms with Gasteiger partial charge in [-0.3, -0.25) is 9.69 Å². The van der Waals surface area contributed by atoms with Crippen molar-refractivity contribution in [3.8, 4) is 0 Å². The number of carbonyl (C=O) groups is 1. The van der Waals surface area contributed by atoms with E-state index in [-0.39, 0.29) is 6.47 Å². The van der Waals surface area contributed by atoms with Crippen molar-refractivity contribution in [2.75, 3.05) is 19.6 Å². The molecule has 0 rings (SSSR count). The van der Waals surface area contributed by atoms with Gasteiger partial charge in [-0.1, -0.05) is 103 Å². The zero-order valence-electron chi connectivity index (χ0n) is 17.5. The van der Waals surface area contributed by atoms with Crippen LogP contribution < -0.4 is 0 Å². The van der Waals surface area contributed by atoms with Gasteiger partial charge in [0.1, 0.15) is 0 Å². The second-order valence-electron chi connectivity index (χ2n) is 7.04. The molecule has 0 aromatic heterocycles. The van der Waals surface area contributed by atoms with E-state index in [0.717, 1.165) is 13.1 Å². The highest BCUT2D eigenvalue weighted by Crippen LogP contribution is 2.13. The first-order valence-corrected chi connectivity index (χ1v) is 10.8. The van der Waals surface area contributed by atoms with Crippen LogP contribution in [0, 0.1) is 0 Å². The summed E-state index contributed by atoms with van der Waals surface area (Å²) in [5, 5.41) is 6.89. The summed E-state index contributed by atoms with van der Waals surface area (Å²) in [7, 11) is 0. The molecule has 0 radical (unpaired) electrons. The number of carboxylic acid groups (broad SMARTS) is 1. The monoisotopic (exact) mass is 367 g/mol. The molecule has 0 aliphatic heterocycles. The molecule has 3 heteroatoms. The first-order chi connectivity index (χ1) is 12.8. The number of hydrogen-bond acceptors (Lipinski definition) is 2. The van der Waals surface area contributed by atoms with Crippen LogP contribution in [0.2, 0.25) is 0 Å². The molecule has 1 N–H and O–H groups in total. The molecule has 0 heterocycles. The lowest BCUT2D eigenvalue weighted by molar-refractivity contribution is -0.122. The van der Waals surface area contributed by atoms with E-state index < -0.39 is 0 Å². The molecule has 0 unspecified atom stereocenters. The van der Waals surface area contributed by atoms with Gasteiger partial charge in [0.2, 0.25) is 0 Å². The van der Waals surface area contributed by atoms with Gasteiger partial charge in [0.25, 0.3) is 6.47 Å². The molecule has 0 bridgehead atoms. The fourth-order valence-electron chi connectivity index (χ4n) is 3.15. The number of rotatable bonds is 19. The van der Waals surface area contributed by atoms with Crippen LogP contribution in [0.5, 0.6) is 0 Å². The van der Waals surface area contributed by atoms with E-state index in [0.29, 0.717) is 0 Å². The fourth-order valence-corrected chi connectivity index (χ4v) is 3.15. The highest BCUT2D eigenvalue weighted by molar-refractivity contribution is 5.32. The van der Waals surface area contributed by atoms with Gasteiger partial charge in [-0.25, -0.2) is 0 Å². The maximum absolute atomic E-state index is 8.36. The highest BCUT2D eigenvalue weighted by Gasteiger charge is 2.00. The summed E-state index contributed by atoms with van der Waals surface area (Å²) < 4.78 is 0. The molecule has 0 amide bonds. The van der Waals surface area contributed by atoms with E-state index in [1.54, 1.807) is 0 Å². The lowest BCUT2D eigenvalue weighted by Gasteiger charge is -2.18. The van der Waals surface area contributed by atoms with Crippen molar-refractivity contribution in [3.05, 3.63) is 25.3 Å². The van der Waals surface area contributed by atoms with Crippen molar-refractivity contribution in [2.45, 2.75) is 96.8 Å². The summed E-state index contributed by atoms with van der Waals surface area (Å²) in [6.45, 7) is 12.9. The maximum atomic E-state index is 8.36. The van der Waals surface area contributed by atoms with Crippen LogP contribution in [0.3, 0.4) is 0 Å². The molecule has 26 heavy (non-hydrogen) atoms. The minimum Gasteiger partial charge on any atom is -0.483 e. The SMILES string of the molecule is C=CCN(CC=C)CCCCCCCCCCCCCCCC.O=CO. The molecule has 0 aromatic rings. The third-order valence-electron chi connectivity index (χ3n) is 4.60. The Kier molecular flexibility index (Phi) is 27.3. The van der Waals surface area contributed by atoms with Crippen LogP contribution in [-0.4, -0.2) is 36.1 Å². The largest absolute Gasteiger partial charge is 0.483 e. The molecule has 0 atom stereocenters. The molecular weight excluding hydrogens is 322 g/mol. The zero-order chi connectivity index (χ0) is 19.7. The topological polar surface area (TPSA) is 40.5 Å². The molecule has 0 spiro atoms. The van der Waals surface area contributed by atoms with E-state index in [4.69, 9.17) is 9.90 Å². The summed E-state index contributed by atoms with van der Waals surface area (Å²) in [5.41, 5.74) is 0. The lowest BCUT2D eigenvalue weighted by atomic mass is 10.0. The van der Waals surface area contributed by atoms with E-state index in [1.165, 1.54) is 96.4 Å². The molecule has 3 nitrogen and oxygen atoms in total. The predicted octanol–water partition coefficient (Wildman–Crippen LogP) is 6.84. The summed E-state index contributed by atoms with van der Waals surface area (Å²) in [5.74, 6) is 0. The Balaban J connectivity index is 0. The van der Waals surface area contributed by atoms with Crippen LogP contribution in [0.1, 0.15) is 96.8 Å². The van der Waals surface area contributed by atoms with Gasteiger partial charge in [-0.2, -0.15) is 0 Å². The van der Waals surface area contributed by atoms with Crippen molar-refractivity contribution >= 4 is 6.47 Å². The van der Waals surface area contributed by atoms with Crippen molar-refractivity contribution in [3.63, 3.8) is 0 Å². The molecule has 0 aliphatic carbocycles. The van der Waals surface area contributed by atoms with Gasteiger partial charge in [0.05, 0.1) is 0 Å². The molecule has 0 aliphatic rings. The number of hydrogen-bond donors (Lipinski definition) is 1. The van der Waals surface area contributed by atoms with Crippen molar-refractivity contribution < 1.29 is 9.90 Å². The fraction of sp³-hybridized carbons (Fsp3) is 0.783. The molecule has 0 saturated carbocycles. The average Bonchev–Trinajstić information content (AvgIpc) is 2.63. The smallest absolute Gasteiger partial charge is 0.290 e. The first-order valence-electron chi connectivity index (χ1n) is 10.8. The molecule has 0 saturated heterocycles. The Morgan fingerprint density at radius 1 is 0.692 bits per heavy atom. The Morgan fingerprint density at radius 2 is 1.00 bits per heavy atom. The third-order valence-corrected chi connectivity index (χ3v) is 4.60. The van der Waals surface area contributed by atoms with Gasteiger partial charge in [0, 0.05) is 13.1 Å². The van der Waals surface area contributed by atoms with Gasteiger partial charge < -0.3 is 5.11 Å². The lowest BCUT2D eigenvalue weighted by Crippen LogP contribution is -2.24. The normalized spacial score (nSPS) is 10.2. The molecular formula is C23H45NO2. The van der Waals surface area contributed by atoms with Crippen LogP contribution >= 0.6 is 0 Å². The minimum absolute atomic E-state index is 0.250. The summed E-state index contributed by atoms with van der Waals surface area (Å²) in [6, 6.07) is 0. The van der Waals surface area contributed by atoms with E-state index in [9.17, 15) is 0 Å². The zero-order valence-corrected chi connectivity index (χ0v) is 17.5. The van der Waals surface area contributed by atoms with Crippen molar-refractivity contribution in [2.24, 2.45) is 0 Å². The Hall–Kier alpha value is -1.09. The van der Waals surface area contributed by atoms with E-state index >= 15 is 0 Å². The second kappa shape index (κ2) is 26.1.